The summed E-state index contributed by atoms with van der Waals surface area (Å²) in [6.45, 7) is 2.81. The molecule has 33 heavy (non-hydrogen) atoms. The van der Waals surface area contributed by atoms with Gasteiger partial charge < -0.3 is 18.6 Å². The first-order chi connectivity index (χ1) is 15.9. The predicted molar refractivity (Wildman–Crippen MR) is 118 cm³/mol. The molecule has 1 unspecified atom stereocenters. The van der Waals surface area contributed by atoms with E-state index in [1.54, 1.807) is 33.8 Å². The summed E-state index contributed by atoms with van der Waals surface area (Å²) < 4.78 is 39.7. The zero-order valence-corrected chi connectivity index (χ0v) is 18.5. The Hall–Kier alpha value is -3.30. The lowest BCUT2D eigenvalue weighted by Gasteiger charge is -2.32. The van der Waals surface area contributed by atoms with Gasteiger partial charge in [-0.2, -0.15) is 0 Å². The first-order valence-corrected chi connectivity index (χ1v) is 10.8. The Morgan fingerprint density at radius 1 is 1.24 bits per heavy atom. The number of morpholine rings is 1. The number of benzene rings is 1. The second-order valence-corrected chi connectivity index (χ2v) is 8.33. The fourth-order valence-corrected chi connectivity index (χ4v) is 4.31. The van der Waals surface area contributed by atoms with Crippen LogP contribution < -0.4 is 0 Å². The number of hydrogen-bond acceptors (Lipinski definition) is 4. The molecule has 0 N–H and O–H groups in total. The van der Waals surface area contributed by atoms with Crippen molar-refractivity contribution in [1.29, 1.82) is 0 Å². The van der Waals surface area contributed by atoms with Gasteiger partial charge in [0, 0.05) is 56.1 Å². The molecular weight excluding hydrogens is 452 g/mol. The molecule has 1 aromatic carbocycles. The molecule has 5 rings (SSSR count). The first kappa shape index (κ1) is 21.5. The first-order valence-electron chi connectivity index (χ1n) is 10.4. The lowest BCUT2D eigenvalue weighted by Crippen LogP contribution is -2.45. The van der Waals surface area contributed by atoms with Crippen LogP contribution in [0.2, 0.25) is 5.02 Å². The molecule has 1 fully saturated rings. The van der Waals surface area contributed by atoms with Gasteiger partial charge in [0.25, 0.3) is 0 Å². The molecule has 0 aliphatic carbocycles. The van der Waals surface area contributed by atoms with Crippen LogP contribution in [0.15, 0.2) is 49.2 Å². The number of ether oxygens (including phenoxy) is 1. The van der Waals surface area contributed by atoms with Gasteiger partial charge in [0.05, 0.1) is 41.7 Å². The van der Waals surface area contributed by atoms with Crippen molar-refractivity contribution in [2.75, 3.05) is 19.7 Å². The van der Waals surface area contributed by atoms with E-state index in [-0.39, 0.29) is 23.3 Å². The Balaban J connectivity index is 1.61. The second kappa shape index (κ2) is 8.57. The smallest absolute Gasteiger partial charge is 0.219 e. The van der Waals surface area contributed by atoms with Crippen molar-refractivity contribution in [3.63, 3.8) is 0 Å². The Bertz CT molecular complexity index is 1320. The van der Waals surface area contributed by atoms with E-state index in [0.717, 1.165) is 0 Å². The average molecular weight is 472 g/mol. The summed E-state index contributed by atoms with van der Waals surface area (Å²) in [5, 5.41) is 0.457. The number of pyridine rings is 1. The molecule has 0 saturated carbocycles. The molecular formula is C23H20ClF2N5O2. The van der Waals surface area contributed by atoms with Gasteiger partial charge in [-0.05, 0) is 18.2 Å². The Labute approximate surface area is 193 Å². The van der Waals surface area contributed by atoms with Crippen LogP contribution in [0, 0.1) is 11.6 Å². The van der Waals surface area contributed by atoms with E-state index in [2.05, 4.69) is 9.97 Å². The van der Waals surface area contributed by atoms with Gasteiger partial charge in [0.15, 0.2) is 0 Å². The van der Waals surface area contributed by atoms with Crippen LogP contribution in [0.3, 0.4) is 0 Å². The Kier molecular flexibility index (Phi) is 5.59. The number of halogens is 3. The van der Waals surface area contributed by atoms with Gasteiger partial charge in [-0.15, -0.1) is 0 Å². The summed E-state index contributed by atoms with van der Waals surface area (Å²) >= 11 is 6.13. The minimum Gasteiger partial charge on any atom is -0.374 e. The zero-order valence-electron chi connectivity index (χ0n) is 17.7. The fourth-order valence-electron chi connectivity index (χ4n) is 4.16. The van der Waals surface area contributed by atoms with Crippen molar-refractivity contribution in [3.05, 3.63) is 71.5 Å². The van der Waals surface area contributed by atoms with E-state index in [9.17, 15) is 4.79 Å². The monoisotopic (exact) mass is 471 g/mol. The summed E-state index contributed by atoms with van der Waals surface area (Å²) in [6, 6.07) is 5.81. The Morgan fingerprint density at radius 2 is 2.03 bits per heavy atom. The lowest BCUT2D eigenvalue weighted by molar-refractivity contribution is -0.136. The molecule has 0 spiro atoms. The summed E-state index contributed by atoms with van der Waals surface area (Å²) in [5.74, 6) is -1.53. The van der Waals surface area contributed by atoms with E-state index >= 15 is 8.78 Å². The zero-order chi connectivity index (χ0) is 23.1. The number of imidazole rings is 2. The maximum atomic E-state index is 15.3. The highest BCUT2D eigenvalue weighted by Gasteiger charge is 2.28. The van der Waals surface area contributed by atoms with Crippen molar-refractivity contribution >= 4 is 23.2 Å². The summed E-state index contributed by atoms with van der Waals surface area (Å²) in [4.78, 5) is 22.0. The van der Waals surface area contributed by atoms with Crippen LogP contribution in [0.5, 0.6) is 0 Å². The molecule has 1 aliphatic rings. The number of nitrogens with zero attached hydrogens (tertiary/aromatic N) is 5. The van der Waals surface area contributed by atoms with Crippen molar-refractivity contribution in [3.8, 4) is 16.9 Å². The van der Waals surface area contributed by atoms with Crippen LogP contribution in [-0.2, 0) is 16.0 Å². The predicted octanol–water partition coefficient (Wildman–Crippen LogP) is 3.91. The van der Waals surface area contributed by atoms with Gasteiger partial charge >= 0.3 is 0 Å². The van der Waals surface area contributed by atoms with Crippen molar-refractivity contribution < 1.29 is 18.3 Å². The topological polar surface area (TPSA) is 64.7 Å². The van der Waals surface area contributed by atoms with E-state index in [1.165, 1.54) is 36.1 Å². The molecule has 0 radical (unpaired) electrons. The third-order valence-electron chi connectivity index (χ3n) is 5.76. The van der Waals surface area contributed by atoms with Gasteiger partial charge in [0.1, 0.15) is 17.3 Å². The maximum absolute atomic E-state index is 15.3. The minimum atomic E-state index is -0.746. The van der Waals surface area contributed by atoms with Gasteiger partial charge in [-0.1, -0.05) is 11.6 Å². The number of rotatable bonds is 4. The molecule has 0 bridgehead atoms. The van der Waals surface area contributed by atoms with Gasteiger partial charge in [0.2, 0.25) is 5.91 Å². The SMILES string of the molecule is CC(=O)N1CCOC(Cc2c(-c3c(F)cc(-n4ccnc4)cc3F)nc3cc(Cl)ccn23)C1. The number of carbonyl (C=O) groups is 1. The van der Waals surface area contributed by atoms with Crippen molar-refractivity contribution in [2.24, 2.45) is 0 Å². The molecule has 1 atom stereocenters. The normalized spacial score (nSPS) is 16.5. The molecule has 4 heterocycles. The lowest BCUT2D eigenvalue weighted by atomic mass is 10.0. The molecule has 1 amide bonds. The van der Waals surface area contributed by atoms with Crippen molar-refractivity contribution in [2.45, 2.75) is 19.4 Å². The molecule has 3 aromatic heterocycles. The van der Waals surface area contributed by atoms with Gasteiger partial charge in [-0.25, -0.2) is 18.7 Å². The van der Waals surface area contributed by atoms with Gasteiger partial charge in [-0.3, -0.25) is 4.79 Å². The van der Waals surface area contributed by atoms with Crippen molar-refractivity contribution in [1.82, 2.24) is 23.8 Å². The summed E-state index contributed by atoms with van der Waals surface area (Å²) in [6.07, 6.45) is 6.28. The van der Waals surface area contributed by atoms with E-state index in [4.69, 9.17) is 16.3 Å². The van der Waals surface area contributed by atoms with E-state index in [1.807, 2.05) is 0 Å². The molecule has 4 aromatic rings. The highest BCUT2D eigenvalue weighted by Crippen LogP contribution is 2.33. The summed E-state index contributed by atoms with van der Waals surface area (Å²) in [7, 11) is 0. The number of hydrogen-bond donors (Lipinski definition) is 0. The van der Waals surface area contributed by atoms with E-state index < -0.39 is 11.6 Å². The molecule has 10 heteroatoms. The molecule has 7 nitrogen and oxygen atoms in total. The third-order valence-corrected chi connectivity index (χ3v) is 5.99. The van der Waals surface area contributed by atoms with Crippen LogP contribution in [0.1, 0.15) is 12.6 Å². The largest absolute Gasteiger partial charge is 0.374 e. The van der Waals surface area contributed by atoms with Crippen LogP contribution >= 0.6 is 11.6 Å². The number of amides is 1. The maximum Gasteiger partial charge on any atom is 0.219 e. The van der Waals surface area contributed by atoms with Crippen LogP contribution in [0.4, 0.5) is 8.78 Å². The number of aromatic nitrogens is 4. The molecule has 1 saturated heterocycles. The highest BCUT2D eigenvalue weighted by atomic mass is 35.5. The third kappa shape index (κ3) is 4.09. The van der Waals surface area contributed by atoms with Crippen LogP contribution in [-0.4, -0.2) is 55.5 Å². The van der Waals surface area contributed by atoms with Crippen LogP contribution in [0.25, 0.3) is 22.6 Å². The summed E-state index contributed by atoms with van der Waals surface area (Å²) in [5.41, 5.74) is 1.29. The minimum absolute atomic E-state index is 0.0411. The average Bonchev–Trinajstić information content (AvgIpc) is 3.42. The fraction of sp³-hybridized carbons (Fsp3) is 0.261. The Morgan fingerprint density at radius 3 is 2.73 bits per heavy atom. The molecule has 1 aliphatic heterocycles. The molecule has 170 valence electrons. The highest BCUT2D eigenvalue weighted by molar-refractivity contribution is 6.30. The quantitative estimate of drug-likeness (QED) is 0.453. The number of carbonyl (C=O) groups excluding carboxylic acids is 1. The van der Waals surface area contributed by atoms with E-state index in [0.29, 0.717) is 48.2 Å². The second-order valence-electron chi connectivity index (χ2n) is 7.90. The standard InChI is InChI=1S/C23H20ClF2N5O2/c1-14(32)29-6-7-33-17(12-29)11-20-23(28-21-8-15(24)2-4-31(20)21)22-18(25)9-16(10-19(22)26)30-5-3-27-13-30/h2-5,8-10,13,17H,6-7,11-12H2,1H3. The number of fused-ring (bicyclic) bond motifs is 1.